The highest BCUT2D eigenvalue weighted by atomic mass is 16.5. The van der Waals surface area contributed by atoms with E-state index in [4.69, 9.17) is 20.3 Å². The van der Waals surface area contributed by atoms with Gasteiger partial charge in [0.25, 0.3) is 0 Å². The molecule has 1 heterocycles. The first-order chi connectivity index (χ1) is 12.8. The minimum atomic E-state index is 0.277. The Kier molecular flexibility index (Phi) is 7.93. The van der Waals surface area contributed by atoms with Gasteiger partial charge in [-0.15, -0.1) is 0 Å². The van der Waals surface area contributed by atoms with E-state index in [-0.39, 0.29) is 6.61 Å². The summed E-state index contributed by atoms with van der Waals surface area (Å²) < 4.78 is 11.6. The van der Waals surface area contributed by atoms with E-state index in [0.29, 0.717) is 24.5 Å². The lowest BCUT2D eigenvalue weighted by Crippen LogP contribution is -2.27. The van der Waals surface area contributed by atoms with Gasteiger partial charge in [-0.1, -0.05) is 24.6 Å². The summed E-state index contributed by atoms with van der Waals surface area (Å²) in [6.45, 7) is 3.55. The smallest absolute Gasteiger partial charge is 0.0619 e. The third-order valence-electron chi connectivity index (χ3n) is 6.01. The Bertz CT molecular complexity index is 542. The number of hydrogen-bond acceptors (Lipinski definition) is 4. The number of ether oxygens (including phenoxy) is 2. The number of aliphatic hydroxyl groups is 1. The molecule has 4 nitrogen and oxygen atoms in total. The zero-order valence-corrected chi connectivity index (χ0v) is 16.0. The number of fused-ring (bicyclic) bond motifs is 1. The van der Waals surface area contributed by atoms with Crippen LogP contribution >= 0.6 is 0 Å². The molecule has 3 N–H and O–H groups in total. The van der Waals surface area contributed by atoms with Crippen LogP contribution < -0.4 is 5.73 Å². The van der Waals surface area contributed by atoms with Gasteiger partial charge < -0.3 is 20.3 Å². The van der Waals surface area contributed by atoms with Crippen LogP contribution in [0.1, 0.15) is 61.1 Å². The Balaban J connectivity index is 1.52. The Labute approximate surface area is 158 Å². The van der Waals surface area contributed by atoms with E-state index in [1.54, 1.807) is 0 Å². The molecule has 0 spiro atoms. The number of aliphatic hydroxyl groups excluding tert-OH is 1. The molecule has 1 fully saturated rings. The molecule has 4 heteroatoms. The van der Waals surface area contributed by atoms with Crippen LogP contribution in [-0.2, 0) is 22.3 Å². The average Bonchev–Trinajstić information content (AvgIpc) is 2.70. The maximum absolute atomic E-state index is 8.98. The molecule has 26 heavy (non-hydrogen) atoms. The van der Waals surface area contributed by atoms with Gasteiger partial charge in [0.2, 0.25) is 0 Å². The highest BCUT2D eigenvalue weighted by Crippen LogP contribution is 2.30. The number of hydrogen-bond donors (Lipinski definition) is 2. The molecule has 2 aliphatic rings. The van der Waals surface area contributed by atoms with E-state index in [0.717, 1.165) is 64.8 Å². The van der Waals surface area contributed by atoms with Crippen molar-refractivity contribution in [1.82, 2.24) is 0 Å². The summed E-state index contributed by atoms with van der Waals surface area (Å²) in [5.74, 6) is 1.06. The molecule has 1 aliphatic carbocycles. The van der Waals surface area contributed by atoms with Crippen molar-refractivity contribution in [3.63, 3.8) is 0 Å². The molecule has 3 rings (SSSR count). The molecule has 0 unspecified atom stereocenters. The molecule has 0 amide bonds. The molecule has 1 saturated heterocycles. The molecule has 2 atom stereocenters. The van der Waals surface area contributed by atoms with Crippen molar-refractivity contribution in [1.29, 1.82) is 0 Å². The zero-order valence-electron chi connectivity index (χ0n) is 16.0. The van der Waals surface area contributed by atoms with Gasteiger partial charge in [-0.05, 0) is 80.0 Å². The van der Waals surface area contributed by atoms with E-state index in [9.17, 15) is 0 Å². The highest BCUT2D eigenvalue weighted by molar-refractivity contribution is 5.36. The molecular weight excluding hydrogens is 326 g/mol. The third kappa shape index (κ3) is 5.53. The van der Waals surface area contributed by atoms with Crippen LogP contribution in [-0.4, -0.2) is 44.2 Å². The molecule has 146 valence electrons. The average molecular weight is 362 g/mol. The standard InChI is InChI=1S/C22H35NO3/c23-15-21(3-1-2-10-24)20-7-6-18-13-17(4-5-19(18)14-20)16-26-22-8-11-25-12-9-22/h6-7,14,17,21-22,24H,1-5,8-13,15-16,23H2/t17-,21+/m1/s1. The Morgan fingerprint density at radius 1 is 1.15 bits per heavy atom. The first kappa shape index (κ1) is 19.8. The van der Waals surface area contributed by atoms with E-state index < -0.39 is 0 Å². The second-order valence-corrected chi connectivity index (χ2v) is 7.93. The summed E-state index contributed by atoms with van der Waals surface area (Å²) in [6.07, 6.45) is 8.98. The molecule has 0 bridgehead atoms. The Hall–Kier alpha value is -0.940. The second-order valence-electron chi connectivity index (χ2n) is 7.93. The lowest BCUT2D eigenvalue weighted by Gasteiger charge is -2.29. The summed E-state index contributed by atoms with van der Waals surface area (Å²) in [7, 11) is 0. The normalized spacial score (nSPS) is 22.2. The lowest BCUT2D eigenvalue weighted by atomic mass is 9.81. The molecule has 1 aromatic rings. The largest absolute Gasteiger partial charge is 0.396 e. The summed E-state index contributed by atoms with van der Waals surface area (Å²) in [5, 5.41) is 8.98. The van der Waals surface area contributed by atoms with Crippen LogP contribution in [0.3, 0.4) is 0 Å². The lowest BCUT2D eigenvalue weighted by molar-refractivity contribution is -0.0439. The third-order valence-corrected chi connectivity index (χ3v) is 6.01. The van der Waals surface area contributed by atoms with Crippen LogP contribution in [0, 0.1) is 5.92 Å². The van der Waals surface area contributed by atoms with E-state index in [1.165, 1.54) is 23.1 Å². The van der Waals surface area contributed by atoms with Gasteiger partial charge in [-0.3, -0.25) is 0 Å². The molecule has 0 radical (unpaired) electrons. The predicted octanol–water partition coefficient (Wildman–Crippen LogP) is 3.19. The number of benzene rings is 1. The van der Waals surface area contributed by atoms with E-state index >= 15 is 0 Å². The number of unbranched alkanes of at least 4 members (excludes halogenated alkanes) is 1. The number of nitrogens with two attached hydrogens (primary N) is 1. The molecule has 0 aromatic heterocycles. The fourth-order valence-electron chi connectivity index (χ4n) is 4.28. The van der Waals surface area contributed by atoms with E-state index in [2.05, 4.69) is 18.2 Å². The van der Waals surface area contributed by atoms with Gasteiger partial charge in [0.1, 0.15) is 0 Å². The molecule has 0 saturated carbocycles. The van der Waals surface area contributed by atoms with Gasteiger partial charge in [-0.25, -0.2) is 0 Å². The van der Waals surface area contributed by atoms with Crippen molar-refractivity contribution in [3.8, 4) is 0 Å². The first-order valence-electron chi connectivity index (χ1n) is 10.4. The number of aryl methyl sites for hydroxylation is 1. The minimum Gasteiger partial charge on any atom is -0.396 e. The summed E-state index contributed by atoms with van der Waals surface area (Å²) in [4.78, 5) is 0. The van der Waals surface area contributed by atoms with Gasteiger partial charge in [0.05, 0.1) is 12.7 Å². The predicted molar refractivity (Wildman–Crippen MR) is 104 cm³/mol. The van der Waals surface area contributed by atoms with Crippen molar-refractivity contribution >= 4 is 0 Å². The highest BCUT2D eigenvalue weighted by Gasteiger charge is 2.22. The number of rotatable bonds is 9. The topological polar surface area (TPSA) is 64.7 Å². The maximum atomic E-state index is 8.98. The molecule has 1 aromatic carbocycles. The summed E-state index contributed by atoms with van der Waals surface area (Å²) in [5.41, 5.74) is 10.4. The van der Waals surface area contributed by atoms with Crippen LogP contribution in [0.5, 0.6) is 0 Å². The van der Waals surface area contributed by atoms with Gasteiger partial charge in [0.15, 0.2) is 0 Å². The van der Waals surface area contributed by atoms with Gasteiger partial charge in [0, 0.05) is 19.8 Å². The second kappa shape index (κ2) is 10.4. The SMILES string of the molecule is NC[C@H](CCCCO)c1ccc2c(c1)CC[C@@H](COC1CCOCC1)C2. The van der Waals surface area contributed by atoms with Crippen molar-refractivity contribution in [2.45, 2.75) is 63.4 Å². The van der Waals surface area contributed by atoms with Crippen LogP contribution in [0.4, 0.5) is 0 Å². The van der Waals surface area contributed by atoms with Crippen LogP contribution in [0.25, 0.3) is 0 Å². The van der Waals surface area contributed by atoms with Crippen molar-refractivity contribution < 1.29 is 14.6 Å². The Morgan fingerprint density at radius 3 is 2.77 bits per heavy atom. The van der Waals surface area contributed by atoms with Crippen LogP contribution in [0.2, 0.25) is 0 Å². The molecular formula is C22H35NO3. The van der Waals surface area contributed by atoms with Crippen molar-refractivity contribution in [3.05, 3.63) is 34.9 Å². The zero-order chi connectivity index (χ0) is 18.2. The monoisotopic (exact) mass is 361 g/mol. The van der Waals surface area contributed by atoms with Crippen molar-refractivity contribution in [2.24, 2.45) is 11.7 Å². The summed E-state index contributed by atoms with van der Waals surface area (Å²) >= 11 is 0. The van der Waals surface area contributed by atoms with Gasteiger partial charge in [-0.2, -0.15) is 0 Å². The first-order valence-corrected chi connectivity index (χ1v) is 10.4. The molecule has 1 aliphatic heterocycles. The van der Waals surface area contributed by atoms with E-state index in [1.807, 2.05) is 0 Å². The quantitative estimate of drug-likeness (QED) is 0.663. The van der Waals surface area contributed by atoms with Crippen molar-refractivity contribution in [2.75, 3.05) is 33.0 Å². The minimum absolute atomic E-state index is 0.277. The Morgan fingerprint density at radius 2 is 2.00 bits per heavy atom. The summed E-state index contributed by atoms with van der Waals surface area (Å²) in [6, 6.07) is 6.98. The fourth-order valence-corrected chi connectivity index (χ4v) is 4.28. The van der Waals surface area contributed by atoms with Gasteiger partial charge >= 0.3 is 0 Å². The van der Waals surface area contributed by atoms with Crippen LogP contribution in [0.15, 0.2) is 18.2 Å². The fraction of sp³-hybridized carbons (Fsp3) is 0.727. The maximum Gasteiger partial charge on any atom is 0.0619 e.